The smallest absolute Gasteiger partial charge is 0.155 e. The van der Waals surface area contributed by atoms with Gasteiger partial charge in [0.15, 0.2) is 5.82 Å². The molecule has 1 saturated carbocycles. The van der Waals surface area contributed by atoms with E-state index in [2.05, 4.69) is 0 Å². The molecule has 2 aromatic carbocycles. The highest BCUT2D eigenvalue weighted by molar-refractivity contribution is 6.32. The van der Waals surface area contributed by atoms with Crippen molar-refractivity contribution in [2.24, 2.45) is 5.73 Å². The molecule has 6 nitrogen and oxygen atoms in total. The van der Waals surface area contributed by atoms with Crippen LogP contribution in [0.25, 0.3) is 5.69 Å². The number of aliphatic hydroxyl groups is 1. The molecule has 154 valence electrons. The summed E-state index contributed by atoms with van der Waals surface area (Å²) in [7, 11) is 1.65. The molecule has 1 aliphatic carbocycles. The van der Waals surface area contributed by atoms with Crippen LogP contribution in [-0.4, -0.2) is 39.1 Å². The number of para-hydroxylation sites is 2. The fourth-order valence-electron chi connectivity index (χ4n) is 3.79. The molecule has 0 radical (unpaired) electrons. The lowest BCUT2D eigenvalue weighted by Gasteiger charge is -2.12. The third-order valence-corrected chi connectivity index (χ3v) is 5.56. The third-order valence-electron chi connectivity index (χ3n) is 5.24. The van der Waals surface area contributed by atoms with Gasteiger partial charge in [0.2, 0.25) is 0 Å². The summed E-state index contributed by atoms with van der Waals surface area (Å²) >= 11 is 6.43. The molecule has 1 aliphatic rings. The van der Waals surface area contributed by atoms with Gasteiger partial charge in [-0.2, -0.15) is 5.10 Å². The maximum Gasteiger partial charge on any atom is 0.155 e. The van der Waals surface area contributed by atoms with Crippen molar-refractivity contribution in [1.82, 2.24) is 14.8 Å². The first-order chi connectivity index (χ1) is 13.6. The number of benzene rings is 2. The predicted octanol–water partition coefficient (Wildman–Crippen LogP) is 3.51. The van der Waals surface area contributed by atoms with Gasteiger partial charge in [0.25, 0.3) is 0 Å². The van der Waals surface area contributed by atoms with E-state index in [1.165, 1.54) is 0 Å². The lowest BCUT2D eigenvalue weighted by Crippen LogP contribution is -2.28. The zero-order chi connectivity index (χ0) is 19.7. The van der Waals surface area contributed by atoms with E-state index in [1.54, 1.807) is 11.8 Å². The molecule has 0 spiro atoms. The number of hydrogen-bond acceptors (Lipinski definition) is 5. The van der Waals surface area contributed by atoms with Gasteiger partial charge in [0.1, 0.15) is 11.6 Å². The molecular weight excluding hydrogens is 411 g/mol. The van der Waals surface area contributed by atoms with Crippen LogP contribution in [0, 0.1) is 0 Å². The molecule has 0 aliphatic heterocycles. The van der Waals surface area contributed by atoms with Crippen LogP contribution in [0.3, 0.4) is 0 Å². The van der Waals surface area contributed by atoms with Gasteiger partial charge >= 0.3 is 0 Å². The molecule has 29 heavy (non-hydrogen) atoms. The summed E-state index contributed by atoms with van der Waals surface area (Å²) in [5.41, 5.74) is 7.82. The zero-order valence-corrected chi connectivity index (χ0v) is 17.6. The molecule has 3 aromatic rings. The number of ether oxygens (including phenoxy) is 1. The van der Waals surface area contributed by atoms with E-state index in [0.717, 1.165) is 22.8 Å². The fraction of sp³-hybridized carbons (Fsp3) is 0.333. The first kappa shape index (κ1) is 21.6. The lowest BCUT2D eigenvalue weighted by molar-refractivity contribution is 0.163. The molecule has 0 bridgehead atoms. The van der Waals surface area contributed by atoms with Gasteiger partial charge < -0.3 is 15.6 Å². The molecule has 8 heteroatoms. The molecule has 4 rings (SSSR count). The maximum absolute atomic E-state index is 10.1. The van der Waals surface area contributed by atoms with Gasteiger partial charge in [0.05, 0.1) is 23.9 Å². The van der Waals surface area contributed by atoms with E-state index in [4.69, 9.17) is 32.2 Å². The number of methoxy groups -OCH3 is 1. The van der Waals surface area contributed by atoms with Gasteiger partial charge in [-0.05, 0) is 31.0 Å². The summed E-state index contributed by atoms with van der Waals surface area (Å²) in [6.07, 6.45) is 1.24. The van der Waals surface area contributed by atoms with Crippen LogP contribution in [0.2, 0.25) is 5.02 Å². The van der Waals surface area contributed by atoms with Crippen LogP contribution >= 0.6 is 24.0 Å². The Labute approximate surface area is 181 Å². The number of halogens is 2. The van der Waals surface area contributed by atoms with Crippen molar-refractivity contribution in [3.63, 3.8) is 0 Å². The van der Waals surface area contributed by atoms with Crippen molar-refractivity contribution in [3.05, 3.63) is 70.8 Å². The Balaban J connectivity index is 0.00000240. The molecule has 0 amide bonds. The van der Waals surface area contributed by atoms with Gasteiger partial charge in [-0.15, -0.1) is 12.4 Å². The number of hydrogen-bond donors (Lipinski definition) is 2. The zero-order valence-electron chi connectivity index (χ0n) is 16.0. The van der Waals surface area contributed by atoms with Crippen molar-refractivity contribution in [1.29, 1.82) is 0 Å². The number of rotatable bonds is 5. The van der Waals surface area contributed by atoms with Gasteiger partial charge in [-0.1, -0.05) is 41.9 Å². The summed E-state index contributed by atoms with van der Waals surface area (Å²) in [5, 5.41) is 15.5. The van der Waals surface area contributed by atoms with E-state index in [1.807, 2.05) is 48.5 Å². The van der Waals surface area contributed by atoms with Gasteiger partial charge in [0, 0.05) is 23.9 Å². The van der Waals surface area contributed by atoms with Crippen molar-refractivity contribution in [2.75, 3.05) is 7.11 Å². The molecule has 1 aromatic heterocycles. The predicted molar refractivity (Wildman–Crippen MR) is 115 cm³/mol. The number of nitrogens with zero attached hydrogens (tertiary/aromatic N) is 3. The van der Waals surface area contributed by atoms with Crippen molar-refractivity contribution in [3.8, 4) is 11.4 Å². The highest BCUT2D eigenvalue weighted by atomic mass is 35.5. The minimum absolute atomic E-state index is 0. The Kier molecular flexibility index (Phi) is 6.80. The highest BCUT2D eigenvalue weighted by Crippen LogP contribution is 2.35. The normalized spacial score (nSPS) is 21.0. The SMILES string of the molecule is COc1ccccc1Cc1nc([C@H]2C[C@H](N)[C@@H](O)C2)n(-c2ccccc2Cl)n1.Cl. The maximum atomic E-state index is 10.1. The lowest BCUT2D eigenvalue weighted by atomic mass is 10.1. The van der Waals surface area contributed by atoms with Crippen molar-refractivity contribution < 1.29 is 9.84 Å². The Hall–Kier alpha value is -2.12. The van der Waals surface area contributed by atoms with Gasteiger partial charge in [-0.25, -0.2) is 9.67 Å². The standard InChI is InChI=1S/C21H23ClN4O2.ClH/c1-28-19-9-5-2-6-13(19)12-20-24-21(14-10-16(23)18(27)11-14)26(25-20)17-8-4-3-7-15(17)22;/h2-9,14,16,18,27H,10-12,23H2,1H3;1H/t14-,16-,18-;/m0./s1. The van der Waals surface area contributed by atoms with E-state index in [9.17, 15) is 5.11 Å². The summed E-state index contributed by atoms with van der Waals surface area (Å²) in [6.45, 7) is 0. The summed E-state index contributed by atoms with van der Waals surface area (Å²) < 4.78 is 7.25. The highest BCUT2D eigenvalue weighted by Gasteiger charge is 2.35. The average Bonchev–Trinajstić information content (AvgIpc) is 3.26. The number of aliphatic hydroxyl groups excluding tert-OH is 1. The minimum atomic E-state index is -0.529. The first-order valence-corrected chi connectivity index (χ1v) is 9.71. The average molecular weight is 435 g/mol. The van der Waals surface area contributed by atoms with E-state index in [0.29, 0.717) is 30.1 Å². The van der Waals surface area contributed by atoms with E-state index < -0.39 is 6.10 Å². The Morgan fingerprint density at radius 3 is 2.59 bits per heavy atom. The van der Waals surface area contributed by atoms with Crippen LogP contribution in [0.15, 0.2) is 48.5 Å². The third kappa shape index (κ3) is 4.41. The second-order valence-corrected chi connectivity index (χ2v) is 7.54. The minimum Gasteiger partial charge on any atom is -0.496 e. The largest absolute Gasteiger partial charge is 0.496 e. The Bertz CT molecular complexity index is 969. The van der Waals surface area contributed by atoms with Crippen molar-refractivity contribution in [2.45, 2.75) is 37.3 Å². The molecular formula is C21H24Cl2N4O2. The van der Waals surface area contributed by atoms with Crippen LogP contribution in [0.1, 0.15) is 36.0 Å². The topological polar surface area (TPSA) is 86.2 Å². The molecule has 0 unspecified atom stereocenters. The molecule has 3 atom stereocenters. The molecule has 1 fully saturated rings. The molecule has 1 heterocycles. The van der Waals surface area contributed by atoms with E-state index >= 15 is 0 Å². The second-order valence-electron chi connectivity index (χ2n) is 7.14. The van der Waals surface area contributed by atoms with Crippen LogP contribution in [-0.2, 0) is 6.42 Å². The van der Waals surface area contributed by atoms with Crippen molar-refractivity contribution >= 4 is 24.0 Å². The first-order valence-electron chi connectivity index (χ1n) is 9.33. The quantitative estimate of drug-likeness (QED) is 0.641. The Morgan fingerprint density at radius 2 is 1.90 bits per heavy atom. The monoisotopic (exact) mass is 434 g/mol. The van der Waals surface area contributed by atoms with Crippen LogP contribution < -0.4 is 10.5 Å². The molecule has 3 N–H and O–H groups in total. The Morgan fingerprint density at radius 1 is 1.17 bits per heavy atom. The second kappa shape index (κ2) is 9.13. The number of aromatic nitrogens is 3. The summed E-state index contributed by atoms with van der Waals surface area (Å²) in [6, 6.07) is 15.1. The fourth-order valence-corrected chi connectivity index (χ4v) is 4.00. The van der Waals surface area contributed by atoms with Gasteiger partial charge in [-0.3, -0.25) is 0 Å². The molecule has 0 saturated heterocycles. The summed E-state index contributed by atoms with van der Waals surface area (Å²) in [5.74, 6) is 2.29. The van der Waals surface area contributed by atoms with Crippen LogP contribution in [0.4, 0.5) is 0 Å². The van der Waals surface area contributed by atoms with E-state index in [-0.39, 0.29) is 24.4 Å². The van der Waals surface area contributed by atoms with Crippen LogP contribution in [0.5, 0.6) is 5.75 Å². The summed E-state index contributed by atoms with van der Waals surface area (Å²) in [4.78, 5) is 4.82. The number of nitrogens with two attached hydrogens (primary N) is 1.